The summed E-state index contributed by atoms with van der Waals surface area (Å²) in [6.07, 6.45) is 8.52. The zero-order valence-electron chi connectivity index (χ0n) is 14.9. The highest BCUT2D eigenvalue weighted by Crippen LogP contribution is 2.45. The molecule has 1 spiro atoms. The zero-order valence-corrected chi connectivity index (χ0v) is 14.9. The van der Waals surface area contributed by atoms with E-state index in [0.717, 1.165) is 56.0 Å². The summed E-state index contributed by atoms with van der Waals surface area (Å²) in [6, 6.07) is 8.55. The van der Waals surface area contributed by atoms with Gasteiger partial charge in [-0.05, 0) is 37.1 Å². The van der Waals surface area contributed by atoms with Crippen LogP contribution in [0.25, 0.3) is 0 Å². The minimum atomic E-state index is -0.0825. The van der Waals surface area contributed by atoms with Gasteiger partial charge in [0, 0.05) is 55.5 Å². The first kappa shape index (κ1) is 15.8. The number of hydrogen-bond acceptors (Lipinski definition) is 6. The molecule has 6 heteroatoms. The van der Waals surface area contributed by atoms with Crippen molar-refractivity contribution in [1.29, 1.82) is 0 Å². The predicted octanol–water partition coefficient (Wildman–Crippen LogP) is 2.83. The molecule has 2 aliphatic heterocycles. The lowest BCUT2D eigenvalue weighted by molar-refractivity contribution is 0.462. The van der Waals surface area contributed by atoms with E-state index in [1.165, 1.54) is 18.5 Å². The van der Waals surface area contributed by atoms with E-state index in [2.05, 4.69) is 44.8 Å². The minimum absolute atomic E-state index is 0.0825. The van der Waals surface area contributed by atoms with E-state index in [1.807, 2.05) is 12.4 Å². The molecule has 0 atom stereocenters. The van der Waals surface area contributed by atoms with Gasteiger partial charge in [-0.1, -0.05) is 12.8 Å². The Labute approximate surface area is 153 Å². The topological polar surface area (TPSA) is 65.4 Å². The van der Waals surface area contributed by atoms with E-state index >= 15 is 0 Å². The van der Waals surface area contributed by atoms with Gasteiger partial charge in [0.1, 0.15) is 5.54 Å². The van der Waals surface area contributed by atoms with Crippen LogP contribution in [0.5, 0.6) is 0 Å². The molecule has 0 unspecified atom stereocenters. The third-order valence-electron chi connectivity index (χ3n) is 5.74. The SMILES string of the molecule is C1=NC2(CCCC2)c2nc(Nc3ccc(N4CCNCC4)cc3)ncc21. The number of aliphatic imine (C=N–C) groups is 1. The van der Waals surface area contributed by atoms with Crippen LogP contribution >= 0.6 is 0 Å². The monoisotopic (exact) mass is 348 g/mol. The van der Waals surface area contributed by atoms with Crippen molar-refractivity contribution in [3.63, 3.8) is 0 Å². The number of benzene rings is 1. The summed E-state index contributed by atoms with van der Waals surface area (Å²) in [7, 11) is 0. The molecule has 1 aliphatic carbocycles. The molecule has 2 fully saturated rings. The third kappa shape index (κ3) is 2.74. The average molecular weight is 348 g/mol. The summed E-state index contributed by atoms with van der Waals surface area (Å²) in [5.41, 5.74) is 4.38. The number of piperazine rings is 1. The molecule has 0 bridgehead atoms. The standard InChI is InChI=1S/C20H24N6/c1-2-8-20(7-1)18-15(14-23-20)13-22-19(25-18)24-16-3-5-17(6-4-16)26-11-9-21-10-12-26/h3-6,13-14,21H,1-2,7-12H2,(H,22,24,25). The highest BCUT2D eigenvalue weighted by atomic mass is 15.2. The van der Waals surface area contributed by atoms with Gasteiger partial charge in [0.2, 0.25) is 5.95 Å². The Morgan fingerprint density at radius 3 is 2.58 bits per heavy atom. The molecule has 1 aromatic carbocycles. The number of nitrogens with zero attached hydrogens (tertiary/aromatic N) is 4. The normalized spacial score (nSPS) is 20.5. The second kappa shape index (κ2) is 6.36. The maximum Gasteiger partial charge on any atom is 0.227 e. The van der Waals surface area contributed by atoms with Crippen molar-refractivity contribution >= 4 is 23.5 Å². The summed E-state index contributed by atoms with van der Waals surface area (Å²) in [5.74, 6) is 0.662. The van der Waals surface area contributed by atoms with Crippen LogP contribution in [0.3, 0.4) is 0 Å². The Balaban J connectivity index is 1.34. The van der Waals surface area contributed by atoms with E-state index in [9.17, 15) is 0 Å². The summed E-state index contributed by atoms with van der Waals surface area (Å²) in [4.78, 5) is 16.5. The van der Waals surface area contributed by atoms with Crippen LogP contribution < -0.4 is 15.5 Å². The van der Waals surface area contributed by atoms with Gasteiger partial charge in [0.15, 0.2) is 0 Å². The lowest BCUT2D eigenvalue weighted by Crippen LogP contribution is -2.43. The highest BCUT2D eigenvalue weighted by molar-refractivity contribution is 5.85. The predicted molar refractivity (Wildman–Crippen MR) is 105 cm³/mol. The van der Waals surface area contributed by atoms with Crippen LogP contribution in [0.15, 0.2) is 35.5 Å². The number of anilines is 3. The fraction of sp³-hybridized carbons (Fsp3) is 0.450. The van der Waals surface area contributed by atoms with E-state index in [0.29, 0.717) is 5.95 Å². The van der Waals surface area contributed by atoms with Crippen LogP contribution in [0.2, 0.25) is 0 Å². The van der Waals surface area contributed by atoms with Gasteiger partial charge in [-0.3, -0.25) is 4.99 Å². The van der Waals surface area contributed by atoms with Crippen molar-refractivity contribution < 1.29 is 0 Å². The quantitative estimate of drug-likeness (QED) is 0.893. The molecular weight excluding hydrogens is 324 g/mol. The van der Waals surface area contributed by atoms with Gasteiger partial charge in [-0.2, -0.15) is 0 Å². The minimum Gasteiger partial charge on any atom is -0.369 e. The van der Waals surface area contributed by atoms with Crippen LogP contribution in [0, 0.1) is 0 Å². The van der Waals surface area contributed by atoms with Crippen LogP contribution in [0.1, 0.15) is 36.9 Å². The van der Waals surface area contributed by atoms with E-state index in [1.54, 1.807) is 0 Å². The molecule has 2 N–H and O–H groups in total. The number of rotatable bonds is 3. The number of fused-ring (bicyclic) bond motifs is 2. The van der Waals surface area contributed by atoms with Gasteiger partial charge in [0.25, 0.3) is 0 Å². The second-order valence-corrected chi connectivity index (χ2v) is 7.40. The largest absolute Gasteiger partial charge is 0.369 e. The first-order valence-electron chi connectivity index (χ1n) is 9.58. The van der Waals surface area contributed by atoms with E-state index < -0.39 is 0 Å². The number of nitrogens with one attached hydrogen (secondary N) is 2. The zero-order chi connectivity index (χ0) is 17.4. The highest BCUT2D eigenvalue weighted by Gasteiger charge is 2.41. The fourth-order valence-electron chi connectivity index (χ4n) is 4.31. The molecule has 0 amide bonds. The van der Waals surface area contributed by atoms with Gasteiger partial charge < -0.3 is 15.5 Å². The number of hydrogen-bond donors (Lipinski definition) is 2. The van der Waals surface area contributed by atoms with Crippen molar-refractivity contribution in [3.8, 4) is 0 Å². The molecule has 134 valence electrons. The van der Waals surface area contributed by atoms with Gasteiger partial charge >= 0.3 is 0 Å². The van der Waals surface area contributed by atoms with Crippen LogP contribution in [0.4, 0.5) is 17.3 Å². The molecule has 6 nitrogen and oxygen atoms in total. The summed E-state index contributed by atoms with van der Waals surface area (Å²) in [5, 5.41) is 6.75. The molecular formula is C20H24N6. The molecule has 2 aromatic rings. The molecule has 1 saturated carbocycles. The molecule has 5 rings (SSSR count). The smallest absolute Gasteiger partial charge is 0.227 e. The summed E-state index contributed by atoms with van der Waals surface area (Å²) >= 11 is 0. The Hall–Kier alpha value is -2.47. The fourth-order valence-corrected chi connectivity index (χ4v) is 4.31. The maximum absolute atomic E-state index is 4.83. The van der Waals surface area contributed by atoms with Crippen molar-refractivity contribution in [1.82, 2.24) is 15.3 Å². The molecule has 3 aliphatic rings. The Morgan fingerprint density at radius 2 is 1.81 bits per heavy atom. The molecule has 3 heterocycles. The molecule has 26 heavy (non-hydrogen) atoms. The van der Waals surface area contributed by atoms with Crippen molar-refractivity contribution in [2.75, 3.05) is 36.4 Å². The van der Waals surface area contributed by atoms with Crippen LogP contribution in [-0.2, 0) is 5.54 Å². The molecule has 1 aromatic heterocycles. The van der Waals surface area contributed by atoms with Gasteiger partial charge in [-0.15, -0.1) is 0 Å². The Kier molecular flexibility index (Phi) is 3.85. The van der Waals surface area contributed by atoms with Crippen molar-refractivity contribution in [2.45, 2.75) is 31.2 Å². The van der Waals surface area contributed by atoms with Crippen molar-refractivity contribution in [2.24, 2.45) is 4.99 Å². The summed E-state index contributed by atoms with van der Waals surface area (Å²) < 4.78 is 0. The van der Waals surface area contributed by atoms with Crippen molar-refractivity contribution in [3.05, 3.63) is 41.7 Å². The van der Waals surface area contributed by atoms with Gasteiger partial charge in [-0.25, -0.2) is 9.97 Å². The van der Waals surface area contributed by atoms with Gasteiger partial charge in [0.05, 0.1) is 5.69 Å². The lowest BCUT2D eigenvalue weighted by atomic mass is 9.94. The second-order valence-electron chi connectivity index (χ2n) is 7.40. The van der Waals surface area contributed by atoms with Crippen LogP contribution in [-0.4, -0.2) is 42.4 Å². The first-order chi connectivity index (χ1) is 12.8. The Bertz CT molecular complexity index is 817. The summed E-state index contributed by atoms with van der Waals surface area (Å²) in [6.45, 7) is 4.21. The molecule has 0 radical (unpaired) electrons. The Morgan fingerprint density at radius 1 is 1.04 bits per heavy atom. The van der Waals surface area contributed by atoms with E-state index in [4.69, 9.17) is 9.98 Å². The number of aromatic nitrogens is 2. The average Bonchev–Trinajstić information content (AvgIpc) is 3.32. The van der Waals surface area contributed by atoms with E-state index in [-0.39, 0.29) is 5.54 Å². The lowest BCUT2D eigenvalue weighted by Gasteiger charge is -2.29. The third-order valence-corrected chi connectivity index (χ3v) is 5.74. The maximum atomic E-state index is 4.83. The molecule has 1 saturated heterocycles. The first-order valence-corrected chi connectivity index (χ1v) is 9.58.